The summed E-state index contributed by atoms with van der Waals surface area (Å²) in [5, 5.41) is 0. The Morgan fingerprint density at radius 2 is 2.00 bits per heavy atom. The molecule has 0 fully saturated rings. The van der Waals surface area contributed by atoms with Crippen LogP contribution in [0.15, 0.2) is 24.5 Å². The van der Waals surface area contributed by atoms with Crippen molar-refractivity contribution in [2.24, 2.45) is 5.41 Å². The lowest BCUT2D eigenvalue weighted by Gasteiger charge is -2.31. The van der Waals surface area contributed by atoms with Crippen molar-refractivity contribution in [1.29, 1.82) is 0 Å². The van der Waals surface area contributed by atoms with Crippen LogP contribution in [-0.2, 0) is 0 Å². The standard InChI is InChI=1S/C14H23NOS/c1-3-7-14(12-17,8-4-2)11-16-13-6-5-9-15-10-13/h5-6,9-10,17H,3-4,7-8,11-12H2,1-2H3. The summed E-state index contributed by atoms with van der Waals surface area (Å²) in [5.41, 5.74) is 0.211. The Kier molecular flexibility index (Phi) is 6.41. The monoisotopic (exact) mass is 253 g/mol. The predicted molar refractivity (Wildman–Crippen MR) is 75.8 cm³/mol. The molecule has 1 rings (SSSR count). The summed E-state index contributed by atoms with van der Waals surface area (Å²) in [4.78, 5) is 4.06. The molecule has 17 heavy (non-hydrogen) atoms. The van der Waals surface area contributed by atoms with Gasteiger partial charge in [-0.25, -0.2) is 0 Å². The van der Waals surface area contributed by atoms with Crippen LogP contribution in [0.3, 0.4) is 0 Å². The molecule has 0 amide bonds. The first-order valence-corrected chi connectivity index (χ1v) is 7.03. The number of thiol groups is 1. The fraction of sp³-hybridized carbons (Fsp3) is 0.643. The fourth-order valence-corrected chi connectivity index (χ4v) is 2.61. The van der Waals surface area contributed by atoms with E-state index in [0.29, 0.717) is 0 Å². The van der Waals surface area contributed by atoms with Crippen LogP contribution < -0.4 is 4.74 Å². The number of aromatic nitrogens is 1. The summed E-state index contributed by atoms with van der Waals surface area (Å²) in [7, 11) is 0. The molecule has 1 heterocycles. The summed E-state index contributed by atoms with van der Waals surface area (Å²) in [5.74, 6) is 1.74. The van der Waals surface area contributed by atoms with Gasteiger partial charge in [-0.3, -0.25) is 4.98 Å². The lowest BCUT2D eigenvalue weighted by atomic mass is 9.82. The van der Waals surface area contributed by atoms with E-state index in [0.717, 1.165) is 18.1 Å². The number of hydrogen-bond donors (Lipinski definition) is 1. The van der Waals surface area contributed by atoms with Gasteiger partial charge >= 0.3 is 0 Å². The molecule has 0 aliphatic rings. The fourth-order valence-electron chi connectivity index (χ4n) is 2.20. The summed E-state index contributed by atoms with van der Waals surface area (Å²) in [6.45, 7) is 5.18. The first-order valence-electron chi connectivity index (χ1n) is 6.40. The lowest BCUT2D eigenvalue weighted by Crippen LogP contribution is -2.30. The average molecular weight is 253 g/mol. The molecule has 0 bridgehead atoms. The van der Waals surface area contributed by atoms with Crippen LogP contribution >= 0.6 is 12.6 Å². The molecule has 0 aromatic carbocycles. The number of pyridine rings is 1. The van der Waals surface area contributed by atoms with Gasteiger partial charge in [0.05, 0.1) is 12.8 Å². The van der Waals surface area contributed by atoms with Crippen LogP contribution in [0.5, 0.6) is 5.75 Å². The minimum atomic E-state index is 0.211. The van der Waals surface area contributed by atoms with Crippen molar-refractivity contribution in [3.8, 4) is 5.75 Å². The Bertz CT molecular complexity index is 296. The topological polar surface area (TPSA) is 22.1 Å². The van der Waals surface area contributed by atoms with E-state index in [2.05, 4.69) is 31.5 Å². The van der Waals surface area contributed by atoms with Gasteiger partial charge in [0.25, 0.3) is 0 Å². The second-order valence-corrected chi connectivity index (χ2v) is 4.95. The lowest BCUT2D eigenvalue weighted by molar-refractivity contribution is 0.143. The van der Waals surface area contributed by atoms with E-state index in [1.807, 2.05) is 12.1 Å². The molecule has 1 aromatic heterocycles. The third-order valence-corrected chi connectivity index (χ3v) is 3.75. The normalized spacial score (nSPS) is 11.5. The van der Waals surface area contributed by atoms with Crippen molar-refractivity contribution in [2.45, 2.75) is 39.5 Å². The van der Waals surface area contributed by atoms with Gasteiger partial charge in [0.15, 0.2) is 0 Å². The van der Waals surface area contributed by atoms with Gasteiger partial charge in [0.1, 0.15) is 5.75 Å². The maximum absolute atomic E-state index is 5.86. The number of hydrogen-bond acceptors (Lipinski definition) is 3. The highest BCUT2D eigenvalue weighted by atomic mass is 32.1. The van der Waals surface area contributed by atoms with E-state index in [1.165, 1.54) is 25.7 Å². The minimum absolute atomic E-state index is 0.211. The summed E-state index contributed by atoms with van der Waals surface area (Å²) >= 11 is 4.52. The van der Waals surface area contributed by atoms with Gasteiger partial charge in [-0.2, -0.15) is 12.6 Å². The molecule has 2 nitrogen and oxygen atoms in total. The number of ether oxygens (including phenoxy) is 1. The zero-order valence-electron chi connectivity index (χ0n) is 10.9. The highest BCUT2D eigenvalue weighted by Gasteiger charge is 2.27. The molecular weight excluding hydrogens is 230 g/mol. The van der Waals surface area contributed by atoms with Gasteiger partial charge in [0, 0.05) is 11.6 Å². The van der Waals surface area contributed by atoms with Crippen molar-refractivity contribution < 1.29 is 4.74 Å². The second kappa shape index (κ2) is 7.59. The molecule has 0 saturated carbocycles. The molecule has 1 aromatic rings. The van der Waals surface area contributed by atoms with E-state index in [4.69, 9.17) is 4.74 Å². The summed E-state index contributed by atoms with van der Waals surface area (Å²) < 4.78 is 5.86. The second-order valence-electron chi connectivity index (χ2n) is 4.64. The van der Waals surface area contributed by atoms with Crippen LogP contribution in [0.2, 0.25) is 0 Å². The highest BCUT2D eigenvalue weighted by Crippen LogP contribution is 2.32. The van der Waals surface area contributed by atoms with E-state index in [-0.39, 0.29) is 5.41 Å². The molecule has 0 radical (unpaired) electrons. The van der Waals surface area contributed by atoms with Crippen LogP contribution in [-0.4, -0.2) is 17.3 Å². The SMILES string of the molecule is CCCC(CS)(CCC)COc1cccnc1. The largest absolute Gasteiger partial charge is 0.491 e. The molecule has 0 saturated heterocycles. The Hall–Kier alpha value is -0.700. The molecule has 0 aliphatic heterocycles. The van der Waals surface area contributed by atoms with E-state index >= 15 is 0 Å². The Morgan fingerprint density at radius 1 is 1.29 bits per heavy atom. The van der Waals surface area contributed by atoms with Crippen molar-refractivity contribution >= 4 is 12.6 Å². The summed E-state index contributed by atoms with van der Waals surface area (Å²) in [6.07, 6.45) is 8.22. The van der Waals surface area contributed by atoms with E-state index in [1.54, 1.807) is 12.4 Å². The zero-order chi connectivity index (χ0) is 12.6. The average Bonchev–Trinajstić information content (AvgIpc) is 2.38. The zero-order valence-corrected chi connectivity index (χ0v) is 11.7. The van der Waals surface area contributed by atoms with Crippen LogP contribution in [0.25, 0.3) is 0 Å². The quantitative estimate of drug-likeness (QED) is 0.708. The minimum Gasteiger partial charge on any atom is -0.491 e. The van der Waals surface area contributed by atoms with Crippen molar-refractivity contribution in [1.82, 2.24) is 4.98 Å². The first kappa shape index (κ1) is 14.4. The molecule has 0 unspecified atom stereocenters. The molecule has 96 valence electrons. The Morgan fingerprint density at radius 3 is 2.47 bits per heavy atom. The Balaban J connectivity index is 2.59. The molecular formula is C14H23NOS. The highest BCUT2D eigenvalue weighted by molar-refractivity contribution is 7.80. The predicted octanol–water partition coefficient (Wildman–Crippen LogP) is 3.98. The van der Waals surface area contributed by atoms with E-state index in [9.17, 15) is 0 Å². The number of nitrogens with zero attached hydrogens (tertiary/aromatic N) is 1. The van der Waals surface area contributed by atoms with Crippen LogP contribution in [0.4, 0.5) is 0 Å². The first-order chi connectivity index (χ1) is 8.26. The van der Waals surface area contributed by atoms with Crippen LogP contribution in [0, 0.1) is 5.41 Å². The van der Waals surface area contributed by atoms with Gasteiger partial charge < -0.3 is 4.74 Å². The maximum Gasteiger partial charge on any atom is 0.137 e. The van der Waals surface area contributed by atoms with Crippen LogP contribution in [0.1, 0.15) is 39.5 Å². The molecule has 0 spiro atoms. The van der Waals surface area contributed by atoms with Crippen molar-refractivity contribution in [3.63, 3.8) is 0 Å². The van der Waals surface area contributed by atoms with Gasteiger partial charge in [-0.15, -0.1) is 0 Å². The number of rotatable bonds is 8. The molecule has 0 N–H and O–H groups in total. The molecule has 3 heteroatoms. The van der Waals surface area contributed by atoms with Crippen molar-refractivity contribution in [2.75, 3.05) is 12.4 Å². The van der Waals surface area contributed by atoms with Gasteiger partial charge in [0.2, 0.25) is 0 Å². The third kappa shape index (κ3) is 4.58. The van der Waals surface area contributed by atoms with Crippen molar-refractivity contribution in [3.05, 3.63) is 24.5 Å². The maximum atomic E-state index is 5.86. The van der Waals surface area contributed by atoms with Gasteiger partial charge in [-0.05, 0) is 30.7 Å². The van der Waals surface area contributed by atoms with E-state index < -0.39 is 0 Å². The summed E-state index contributed by atoms with van der Waals surface area (Å²) in [6, 6.07) is 3.85. The molecule has 0 aliphatic carbocycles. The molecule has 0 atom stereocenters. The van der Waals surface area contributed by atoms with Gasteiger partial charge in [-0.1, -0.05) is 26.7 Å². The Labute approximate surface area is 110 Å². The third-order valence-electron chi connectivity index (χ3n) is 3.08. The smallest absolute Gasteiger partial charge is 0.137 e.